The number of carbonyl (C=O) groups is 1. The molecule has 0 aromatic carbocycles. The lowest BCUT2D eigenvalue weighted by Crippen LogP contribution is -2.05. The highest BCUT2D eigenvalue weighted by Gasteiger charge is 2.12. The number of ether oxygens (including phenoxy) is 2. The van der Waals surface area contributed by atoms with Crippen LogP contribution in [0.5, 0.6) is 0 Å². The molecule has 1 aromatic heterocycles. The lowest BCUT2D eigenvalue weighted by Gasteiger charge is -2.04. The van der Waals surface area contributed by atoms with E-state index in [2.05, 4.69) is 6.92 Å². The number of unbranched alkanes of at least 4 members (excludes halogenated alkanes) is 1. The summed E-state index contributed by atoms with van der Waals surface area (Å²) in [5, 5.41) is 8.76. The smallest absolute Gasteiger partial charge is 0.371 e. The highest BCUT2D eigenvalue weighted by atomic mass is 16.5. The highest BCUT2D eigenvalue weighted by molar-refractivity contribution is 5.84. The zero-order chi connectivity index (χ0) is 13.4. The molecule has 0 aliphatic heterocycles. The second-order valence-electron chi connectivity index (χ2n) is 4.02. The fraction of sp³-hybridized carbons (Fsp3) is 0.615. The molecular formula is C13H20O5. The van der Waals surface area contributed by atoms with Crippen LogP contribution in [0.2, 0.25) is 0 Å². The molecule has 0 atom stereocenters. The van der Waals surface area contributed by atoms with Gasteiger partial charge < -0.3 is 19.0 Å². The van der Waals surface area contributed by atoms with Crippen molar-refractivity contribution in [1.82, 2.24) is 0 Å². The molecule has 0 spiro atoms. The lowest BCUT2D eigenvalue weighted by molar-refractivity contribution is 0.0393. The number of carboxylic acids is 1. The third-order valence-electron chi connectivity index (χ3n) is 2.50. The Kier molecular flexibility index (Phi) is 6.46. The molecule has 0 amide bonds. The fourth-order valence-corrected chi connectivity index (χ4v) is 1.42. The van der Waals surface area contributed by atoms with Gasteiger partial charge in [-0.3, -0.25) is 0 Å². The monoisotopic (exact) mass is 256 g/mol. The third-order valence-corrected chi connectivity index (χ3v) is 2.50. The van der Waals surface area contributed by atoms with E-state index in [-0.39, 0.29) is 5.76 Å². The minimum absolute atomic E-state index is 0.0507. The van der Waals surface area contributed by atoms with E-state index in [9.17, 15) is 4.79 Å². The van der Waals surface area contributed by atoms with Crippen LogP contribution < -0.4 is 0 Å². The normalized spacial score (nSPS) is 10.8. The molecule has 1 aromatic rings. The summed E-state index contributed by atoms with van der Waals surface area (Å²) in [6.45, 7) is 6.00. The first kappa shape index (κ1) is 14.7. The molecule has 0 saturated heterocycles. The zero-order valence-corrected chi connectivity index (χ0v) is 10.9. The highest BCUT2D eigenvalue weighted by Crippen LogP contribution is 2.15. The van der Waals surface area contributed by atoms with Gasteiger partial charge in [0, 0.05) is 12.2 Å². The van der Waals surface area contributed by atoms with Crippen LogP contribution in [-0.2, 0) is 16.1 Å². The first-order valence-electron chi connectivity index (χ1n) is 6.13. The summed E-state index contributed by atoms with van der Waals surface area (Å²) in [6, 6.07) is 1.50. The van der Waals surface area contributed by atoms with Gasteiger partial charge in [0.15, 0.2) is 0 Å². The second-order valence-corrected chi connectivity index (χ2v) is 4.02. The van der Waals surface area contributed by atoms with Crippen molar-refractivity contribution in [2.75, 3.05) is 19.8 Å². The Hall–Kier alpha value is -1.33. The summed E-state index contributed by atoms with van der Waals surface area (Å²) >= 11 is 0. The topological polar surface area (TPSA) is 68.9 Å². The van der Waals surface area contributed by atoms with Gasteiger partial charge in [-0.1, -0.05) is 13.3 Å². The minimum atomic E-state index is -1.06. The molecule has 1 N–H and O–H groups in total. The lowest BCUT2D eigenvalue weighted by atomic mass is 10.2. The van der Waals surface area contributed by atoms with Crippen molar-refractivity contribution in [2.45, 2.75) is 33.3 Å². The Morgan fingerprint density at radius 3 is 2.67 bits per heavy atom. The van der Waals surface area contributed by atoms with Crippen LogP contribution in [-0.4, -0.2) is 30.9 Å². The van der Waals surface area contributed by atoms with Crippen molar-refractivity contribution in [3.63, 3.8) is 0 Å². The van der Waals surface area contributed by atoms with Crippen LogP contribution in [0.1, 0.15) is 41.6 Å². The van der Waals surface area contributed by atoms with E-state index in [1.165, 1.54) is 6.07 Å². The summed E-state index contributed by atoms with van der Waals surface area (Å²) in [5.74, 6) is -0.531. The average molecular weight is 256 g/mol. The first-order chi connectivity index (χ1) is 8.65. The van der Waals surface area contributed by atoms with Crippen molar-refractivity contribution in [2.24, 2.45) is 0 Å². The molecule has 0 radical (unpaired) electrons. The van der Waals surface area contributed by atoms with E-state index in [0.717, 1.165) is 25.0 Å². The summed E-state index contributed by atoms with van der Waals surface area (Å²) in [5.41, 5.74) is 0.765. The maximum Gasteiger partial charge on any atom is 0.371 e. The molecule has 0 aliphatic carbocycles. The van der Waals surface area contributed by atoms with E-state index in [0.29, 0.717) is 25.6 Å². The number of aryl methyl sites for hydroxylation is 1. The molecule has 0 aliphatic rings. The van der Waals surface area contributed by atoms with Gasteiger partial charge in [0.25, 0.3) is 0 Å². The number of hydrogen-bond acceptors (Lipinski definition) is 4. The number of furan rings is 1. The molecule has 1 heterocycles. The third kappa shape index (κ3) is 4.89. The van der Waals surface area contributed by atoms with E-state index < -0.39 is 5.97 Å². The van der Waals surface area contributed by atoms with Crippen molar-refractivity contribution in [3.8, 4) is 0 Å². The number of hydrogen-bond donors (Lipinski definition) is 1. The molecule has 0 bridgehead atoms. The molecular weight excluding hydrogens is 236 g/mol. The van der Waals surface area contributed by atoms with Crippen LogP contribution in [0.3, 0.4) is 0 Å². The predicted molar refractivity (Wildman–Crippen MR) is 65.8 cm³/mol. The van der Waals surface area contributed by atoms with E-state index >= 15 is 0 Å². The summed E-state index contributed by atoms with van der Waals surface area (Å²) in [7, 11) is 0. The van der Waals surface area contributed by atoms with Gasteiger partial charge in [-0.05, 0) is 19.4 Å². The minimum Gasteiger partial charge on any atom is -0.475 e. The van der Waals surface area contributed by atoms with Crippen molar-refractivity contribution in [3.05, 3.63) is 23.2 Å². The van der Waals surface area contributed by atoms with Gasteiger partial charge in [0.2, 0.25) is 5.76 Å². The van der Waals surface area contributed by atoms with E-state index in [4.69, 9.17) is 19.0 Å². The molecule has 5 heteroatoms. The largest absolute Gasteiger partial charge is 0.475 e. The Bertz CT molecular complexity index is 369. The van der Waals surface area contributed by atoms with Gasteiger partial charge in [-0.2, -0.15) is 0 Å². The SMILES string of the molecule is CCCCOCCOCc1cc(C(=O)O)oc1C. The molecule has 5 nitrogen and oxygen atoms in total. The Balaban J connectivity index is 2.21. The van der Waals surface area contributed by atoms with Crippen molar-refractivity contribution < 1.29 is 23.8 Å². The van der Waals surface area contributed by atoms with Crippen LogP contribution >= 0.6 is 0 Å². The Labute approximate surface area is 107 Å². The summed E-state index contributed by atoms with van der Waals surface area (Å²) < 4.78 is 15.8. The van der Waals surface area contributed by atoms with Crippen LogP contribution in [0.15, 0.2) is 10.5 Å². The quantitative estimate of drug-likeness (QED) is 0.688. The number of carboxylic acid groups (broad SMARTS) is 1. The average Bonchev–Trinajstić information content (AvgIpc) is 2.70. The molecule has 102 valence electrons. The zero-order valence-electron chi connectivity index (χ0n) is 10.9. The van der Waals surface area contributed by atoms with Gasteiger partial charge >= 0.3 is 5.97 Å². The van der Waals surface area contributed by atoms with Crippen molar-refractivity contribution >= 4 is 5.97 Å². The molecule has 0 fully saturated rings. The first-order valence-corrected chi connectivity index (χ1v) is 6.13. The van der Waals surface area contributed by atoms with Crippen LogP contribution in [0.4, 0.5) is 0 Å². The standard InChI is InChI=1S/C13H20O5/c1-3-4-5-16-6-7-17-9-11-8-12(13(14)15)18-10(11)2/h8H,3-7,9H2,1-2H3,(H,14,15). The number of aromatic carboxylic acids is 1. The van der Waals surface area contributed by atoms with Gasteiger partial charge in [-0.25, -0.2) is 4.79 Å². The maximum atomic E-state index is 10.7. The van der Waals surface area contributed by atoms with Gasteiger partial charge in [0.05, 0.1) is 19.8 Å². The predicted octanol–water partition coefficient (Wildman–Crippen LogP) is 2.62. The van der Waals surface area contributed by atoms with Crippen LogP contribution in [0, 0.1) is 6.92 Å². The van der Waals surface area contributed by atoms with Gasteiger partial charge in [-0.15, -0.1) is 0 Å². The van der Waals surface area contributed by atoms with E-state index in [1.807, 2.05) is 0 Å². The van der Waals surface area contributed by atoms with Gasteiger partial charge in [0.1, 0.15) is 5.76 Å². The van der Waals surface area contributed by atoms with E-state index in [1.54, 1.807) is 6.92 Å². The summed E-state index contributed by atoms with van der Waals surface area (Å²) in [4.78, 5) is 10.7. The van der Waals surface area contributed by atoms with Crippen LogP contribution in [0.25, 0.3) is 0 Å². The fourth-order valence-electron chi connectivity index (χ4n) is 1.42. The molecule has 18 heavy (non-hydrogen) atoms. The van der Waals surface area contributed by atoms with Crippen molar-refractivity contribution in [1.29, 1.82) is 0 Å². The second kappa shape index (κ2) is 7.89. The molecule has 1 rings (SSSR count). The molecule has 0 saturated carbocycles. The Morgan fingerprint density at radius 1 is 1.33 bits per heavy atom. The number of rotatable bonds is 9. The Morgan fingerprint density at radius 2 is 2.06 bits per heavy atom. The summed E-state index contributed by atoms with van der Waals surface area (Å²) in [6.07, 6.45) is 2.18. The molecule has 0 unspecified atom stereocenters. The maximum absolute atomic E-state index is 10.7.